The van der Waals surface area contributed by atoms with Gasteiger partial charge in [-0.1, -0.05) is 30.0 Å². The average molecular weight is 652 g/mol. The molecule has 2 heterocycles. The van der Waals surface area contributed by atoms with Crippen molar-refractivity contribution in [3.8, 4) is 11.8 Å². The van der Waals surface area contributed by atoms with Gasteiger partial charge in [-0.2, -0.15) is 0 Å². The second-order valence-electron chi connectivity index (χ2n) is 11.5. The Bertz CT molecular complexity index is 2110. The molecule has 246 valence electrons. The molecule has 0 saturated heterocycles. The van der Waals surface area contributed by atoms with Gasteiger partial charge in [0.25, 0.3) is 11.5 Å². The number of Topliss-reactive ketones (excluding diaryl/α,β-unsaturated/α-hetero) is 1. The van der Waals surface area contributed by atoms with Gasteiger partial charge in [-0.3, -0.25) is 19.1 Å². The summed E-state index contributed by atoms with van der Waals surface area (Å²) in [5, 5.41) is 0.822. The van der Waals surface area contributed by atoms with E-state index in [0.717, 1.165) is 34.2 Å². The summed E-state index contributed by atoms with van der Waals surface area (Å²) in [4.78, 5) is 49.5. The molecule has 1 amide bonds. The van der Waals surface area contributed by atoms with Crippen LogP contribution < -0.4 is 5.56 Å². The topological polar surface area (TPSA) is 99.3 Å². The van der Waals surface area contributed by atoms with Crippen LogP contribution in [0.1, 0.15) is 61.8 Å². The molecular formula is C37H35F2N5O4. The lowest BCUT2D eigenvalue weighted by atomic mass is 10.1. The number of hydrogen-bond acceptors (Lipinski definition) is 6. The van der Waals surface area contributed by atoms with Crippen molar-refractivity contribution in [3.63, 3.8) is 0 Å². The fourth-order valence-electron chi connectivity index (χ4n) is 5.27. The van der Waals surface area contributed by atoms with Gasteiger partial charge in [0.1, 0.15) is 11.4 Å². The molecule has 2 aromatic heterocycles. The van der Waals surface area contributed by atoms with Crippen molar-refractivity contribution in [2.45, 2.75) is 32.7 Å². The zero-order chi connectivity index (χ0) is 34.4. The minimum absolute atomic E-state index is 0.00305. The second-order valence-corrected chi connectivity index (χ2v) is 11.5. The van der Waals surface area contributed by atoms with Crippen LogP contribution >= 0.6 is 0 Å². The maximum absolute atomic E-state index is 13.7. The molecule has 0 bridgehead atoms. The van der Waals surface area contributed by atoms with Crippen molar-refractivity contribution in [2.75, 3.05) is 27.3 Å². The van der Waals surface area contributed by atoms with Crippen LogP contribution in [0.25, 0.3) is 10.9 Å². The number of amides is 1. The third kappa shape index (κ3) is 7.73. The van der Waals surface area contributed by atoms with E-state index in [-0.39, 0.29) is 36.6 Å². The molecule has 0 saturated carbocycles. The van der Waals surface area contributed by atoms with Crippen LogP contribution in [0.3, 0.4) is 0 Å². The largest absolute Gasteiger partial charge is 0.383 e. The number of carbonyl (C=O) groups is 2. The lowest BCUT2D eigenvalue weighted by Gasteiger charge is -2.16. The minimum Gasteiger partial charge on any atom is -0.383 e. The Labute approximate surface area is 276 Å². The van der Waals surface area contributed by atoms with Crippen LogP contribution in [0.5, 0.6) is 0 Å². The van der Waals surface area contributed by atoms with Gasteiger partial charge in [0.15, 0.2) is 17.4 Å². The molecule has 0 aliphatic carbocycles. The van der Waals surface area contributed by atoms with Crippen molar-refractivity contribution in [1.29, 1.82) is 0 Å². The van der Waals surface area contributed by atoms with Crippen LogP contribution in [0.15, 0.2) is 71.7 Å². The summed E-state index contributed by atoms with van der Waals surface area (Å²) in [6.07, 6.45) is 2.56. The smallest absolute Gasteiger partial charge is 0.278 e. The fourth-order valence-corrected chi connectivity index (χ4v) is 5.27. The number of halogens is 2. The van der Waals surface area contributed by atoms with Crippen molar-refractivity contribution >= 4 is 22.6 Å². The van der Waals surface area contributed by atoms with Gasteiger partial charge < -0.3 is 9.64 Å². The van der Waals surface area contributed by atoms with Crippen molar-refractivity contribution in [2.24, 2.45) is 7.05 Å². The van der Waals surface area contributed by atoms with Crippen LogP contribution in [0.4, 0.5) is 8.78 Å². The molecule has 3 aromatic carbocycles. The summed E-state index contributed by atoms with van der Waals surface area (Å²) in [5.41, 5.74) is 3.57. The molecule has 0 atom stereocenters. The third-order valence-corrected chi connectivity index (χ3v) is 8.13. The first-order valence-electron chi connectivity index (χ1n) is 15.4. The molecule has 5 rings (SSSR count). The molecule has 0 fully saturated rings. The second kappa shape index (κ2) is 15.0. The highest BCUT2D eigenvalue weighted by molar-refractivity contribution is 5.97. The highest BCUT2D eigenvalue weighted by atomic mass is 19.2. The van der Waals surface area contributed by atoms with Gasteiger partial charge in [-0.15, -0.1) is 0 Å². The number of ketones is 1. The molecule has 0 spiro atoms. The van der Waals surface area contributed by atoms with Gasteiger partial charge in [0.2, 0.25) is 0 Å². The Hall–Kier alpha value is -5.47. The summed E-state index contributed by atoms with van der Waals surface area (Å²) < 4.78 is 34.9. The van der Waals surface area contributed by atoms with Crippen molar-refractivity contribution in [3.05, 3.63) is 128 Å². The Balaban J connectivity index is 1.19. The third-order valence-electron chi connectivity index (χ3n) is 8.13. The molecule has 48 heavy (non-hydrogen) atoms. The SMILES string of the molecule is COCCN(C)C(=O)c1ccc(Cc2ncc3cc(C#CCCC(=O)c4c(C)n(C)n(Cc5ccc(F)c(F)c5)c4=O)ccc3n2)cc1. The highest BCUT2D eigenvalue weighted by Crippen LogP contribution is 2.17. The summed E-state index contributed by atoms with van der Waals surface area (Å²) in [5.74, 6) is 4.37. The number of nitrogens with zero attached hydrogens (tertiary/aromatic N) is 5. The van der Waals surface area contributed by atoms with E-state index in [1.165, 1.54) is 10.7 Å². The molecule has 9 nitrogen and oxygen atoms in total. The van der Waals surface area contributed by atoms with E-state index in [4.69, 9.17) is 4.74 Å². The predicted octanol–water partition coefficient (Wildman–Crippen LogP) is 5.09. The van der Waals surface area contributed by atoms with Gasteiger partial charge in [0, 0.05) is 75.4 Å². The van der Waals surface area contributed by atoms with Crippen LogP contribution in [-0.4, -0.2) is 63.2 Å². The molecule has 11 heteroatoms. The number of ether oxygens (including phenoxy) is 1. The van der Waals surface area contributed by atoms with E-state index in [1.54, 1.807) is 56.0 Å². The van der Waals surface area contributed by atoms with E-state index < -0.39 is 17.2 Å². The number of likely N-dealkylation sites (N-methyl/N-ethyl adjacent to an activating group) is 1. The summed E-state index contributed by atoms with van der Waals surface area (Å²) in [6.45, 7) is 2.66. The summed E-state index contributed by atoms with van der Waals surface area (Å²) in [7, 11) is 4.99. The normalized spacial score (nSPS) is 11.0. The van der Waals surface area contributed by atoms with Gasteiger partial charge in [-0.05, 0) is 60.5 Å². The number of hydrogen-bond donors (Lipinski definition) is 0. The maximum atomic E-state index is 13.7. The fraction of sp³-hybridized carbons (Fsp3) is 0.270. The molecular weight excluding hydrogens is 616 g/mol. The summed E-state index contributed by atoms with van der Waals surface area (Å²) >= 11 is 0. The Morgan fingerprint density at radius 3 is 2.48 bits per heavy atom. The molecule has 5 aromatic rings. The zero-order valence-corrected chi connectivity index (χ0v) is 27.2. The number of rotatable bonds is 11. The number of carbonyl (C=O) groups excluding carboxylic acids is 2. The van der Waals surface area contributed by atoms with Gasteiger partial charge in [-0.25, -0.2) is 23.4 Å². The summed E-state index contributed by atoms with van der Waals surface area (Å²) in [6, 6.07) is 16.5. The van der Waals surface area contributed by atoms with Crippen LogP contribution in [0.2, 0.25) is 0 Å². The number of methoxy groups -OCH3 is 1. The predicted molar refractivity (Wildman–Crippen MR) is 178 cm³/mol. The molecule has 0 unspecified atom stereocenters. The highest BCUT2D eigenvalue weighted by Gasteiger charge is 2.21. The lowest BCUT2D eigenvalue weighted by molar-refractivity contribution is 0.0744. The quantitative estimate of drug-likeness (QED) is 0.146. The maximum Gasteiger partial charge on any atom is 0.278 e. The molecule has 0 N–H and O–H groups in total. The van der Waals surface area contributed by atoms with E-state index in [9.17, 15) is 23.2 Å². The first-order chi connectivity index (χ1) is 23.0. The first-order valence-corrected chi connectivity index (χ1v) is 15.4. The zero-order valence-electron chi connectivity index (χ0n) is 27.2. The van der Waals surface area contributed by atoms with Crippen LogP contribution in [0, 0.1) is 30.4 Å². The Kier molecular flexibility index (Phi) is 10.6. The lowest BCUT2D eigenvalue weighted by Crippen LogP contribution is -2.29. The number of benzene rings is 3. The monoisotopic (exact) mass is 651 g/mol. The number of fused-ring (bicyclic) bond motifs is 1. The van der Waals surface area contributed by atoms with E-state index in [1.807, 2.05) is 30.3 Å². The molecule has 0 aliphatic rings. The Morgan fingerprint density at radius 2 is 1.75 bits per heavy atom. The Morgan fingerprint density at radius 1 is 1.00 bits per heavy atom. The van der Waals surface area contributed by atoms with Gasteiger partial charge in [0.05, 0.1) is 18.7 Å². The van der Waals surface area contributed by atoms with E-state index >= 15 is 0 Å². The van der Waals surface area contributed by atoms with E-state index in [0.29, 0.717) is 42.2 Å². The molecule has 0 aliphatic heterocycles. The standard InChI is InChI=1S/C37H35F2N5O4/c1-24-35(37(47)44(43(24)3)23-27-11-15-30(38)31(39)20-27)33(45)8-6-5-7-25-12-16-32-29(19-25)22-40-34(41-32)21-26-9-13-28(14-10-26)36(46)42(2)17-18-48-4/h9-16,19-20,22H,6,8,17-18,21,23H2,1-4H3. The number of aromatic nitrogens is 4. The molecule has 0 radical (unpaired) electrons. The van der Waals surface area contributed by atoms with Crippen LogP contribution in [-0.2, 0) is 24.8 Å². The average Bonchev–Trinajstić information content (AvgIpc) is 3.29. The minimum atomic E-state index is -0.999. The van der Waals surface area contributed by atoms with Crippen molar-refractivity contribution in [1.82, 2.24) is 24.2 Å². The van der Waals surface area contributed by atoms with Crippen molar-refractivity contribution < 1.29 is 23.1 Å². The van der Waals surface area contributed by atoms with E-state index in [2.05, 4.69) is 21.8 Å². The first kappa shape index (κ1) is 33.9. The van der Waals surface area contributed by atoms with Gasteiger partial charge >= 0.3 is 0 Å².